The van der Waals surface area contributed by atoms with Crippen molar-refractivity contribution >= 4 is 12.0 Å². The van der Waals surface area contributed by atoms with Crippen LogP contribution >= 0.6 is 0 Å². The van der Waals surface area contributed by atoms with Crippen LogP contribution in [0.1, 0.15) is 22.3 Å². The van der Waals surface area contributed by atoms with Crippen LogP contribution in [0.4, 0.5) is 13.2 Å². The minimum absolute atomic E-state index is 0.0874. The van der Waals surface area contributed by atoms with E-state index in [4.69, 9.17) is 9.47 Å². The average molecular weight is 466 g/mol. The van der Waals surface area contributed by atoms with E-state index in [0.29, 0.717) is 22.6 Å². The summed E-state index contributed by atoms with van der Waals surface area (Å²) in [6.45, 7) is 0.186. The van der Waals surface area contributed by atoms with Crippen LogP contribution in [0.3, 0.4) is 0 Å². The molecule has 0 aliphatic carbocycles. The number of alkyl halides is 3. The van der Waals surface area contributed by atoms with E-state index >= 15 is 0 Å². The fourth-order valence-electron chi connectivity index (χ4n) is 3.08. The number of benzene rings is 3. The summed E-state index contributed by atoms with van der Waals surface area (Å²) in [6, 6.07) is 20.8. The SMILES string of the molecule is COc1cc(C=C(C#N)C(=O)NCc2ccccc2)ccc1OCc1cccc(C(F)(F)F)c1. The van der Waals surface area contributed by atoms with Crippen LogP contribution in [0, 0.1) is 11.3 Å². The number of hydrogen-bond donors (Lipinski definition) is 1. The molecule has 0 aromatic heterocycles. The molecule has 34 heavy (non-hydrogen) atoms. The van der Waals surface area contributed by atoms with Gasteiger partial charge in [-0.05, 0) is 47.0 Å². The van der Waals surface area contributed by atoms with Gasteiger partial charge in [-0.2, -0.15) is 18.4 Å². The summed E-state index contributed by atoms with van der Waals surface area (Å²) in [5, 5.41) is 12.1. The maximum Gasteiger partial charge on any atom is 0.416 e. The topological polar surface area (TPSA) is 71.3 Å². The molecule has 1 amide bonds. The molecule has 174 valence electrons. The number of hydrogen-bond acceptors (Lipinski definition) is 4. The van der Waals surface area contributed by atoms with Gasteiger partial charge in [-0.3, -0.25) is 4.79 Å². The molecule has 0 unspecified atom stereocenters. The Morgan fingerprint density at radius 2 is 1.74 bits per heavy atom. The lowest BCUT2D eigenvalue weighted by molar-refractivity contribution is -0.137. The first kappa shape index (κ1) is 24.4. The highest BCUT2D eigenvalue weighted by Gasteiger charge is 2.30. The number of carbonyl (C=O) groups is 1. The summed E-state index contributed by atoms with van der Waals surface area (Å²) < 4.78 is 49.7. The van der Waals surface area contributed by atoms with Crippen LogP contribution in [0.15, 0.2) is 78.4 Å². The van der Waals surface area contributed by atoms with Gasteiger partial charge < -0.3 is 14.8 Å². The molecule has 0 atom stereocenters. The second-order valence-electron chi connectivity index (χ2n) is 7.24. The summed E-state index contributed by atoms with van der Waals surface area (Å²) in [6.07, 6.45) is -3.02. The predicted octanol–water partition coefficient (Wildman–Crippen LogP) is 5.52. The lowest BCUT2D eigenvalue weighted by Crippen LogP contribution is -2.23. The van der Waals surface area contributed by atoms with Crippen LogP contribution in [-0.2, 0) is 24.1 Å². The molecule has 3 aromatic carbocycles. The lowest BCUT2D eigenvalue weighted by atomic mass is 10.1. The van der Waals surface area contributed by atoms with E-state index in [0.717, 1.165) is 17.7 Å². The standard InChI is InChI=1S/C26H21F3N2O3/c1-33-24-14-19(12-21(15-30)25(32)31-16-18-6-3-2-4-7-18)10-11-23(24)34-17-20-8-5-9-22(13-20)26(27,28)29/h2-14H,16-17H2,1H3,(H,31,32). The number of nitrogens with one attached hydrogen (secondary N) is 1. The molecule has 0 saturated carbocycles. The third kappa shape index (κ3) is 6.62. The minimum atomic E-state index is -4.44. The molecule has 3 rings (SSSR count). The number of halogens is 3. The first-order valence-electron chi connectivity index (χ1n) is 10.2. The monoisotopic (exact) mass is 466 g/mol. The second-order valence-corrected chi connectivity index (χ2v) is 7.24. The smallest absolute Gasteiger partial charge is 0.416 e. The number of nitriles is 1. The van der Waals surface area contributed by atoms with Crippen molar-refractivity contribution in [2.75, 3.05) is 7.11 Å². The maximum absolute atomic E-state index is 12.9. The van der Waals surface area contributed by atoms with Gasteiger partial charge in [0.15, 0.2) is 11.5 Å². The number of rotatable bonds is 8. The fourth-order valence-corrected chi connectivity index (χ4v) is 3.08. The van der Waals surface area contributed by atoms with Gasteiger partial charge in [-0.15, -0.1) is 0 Å². The Hall–Kier alpha value is -4.25. The number of carbonyl (C=O) groups excluding carboxylic acids is 1. The lowest BCUT2D eigenvalue weighted by Gasteiger charge is -2.13. The molecule has 0 aliphatic heterocycles. The number of amides is 1. The fraction of sp³-hybridized carbons (Fsp3) is 0.154. The first-order chi connectivity index (χ1) is 16.3. The number of ether oxygens (including phenoxy) is 2. The molecule has 8 heteroatoms. The van der Waals surface area contributed by atoms with E-state index in [1.54, 1.807) is 18.2 Å². The van der Waals surface area contributed by atoms with Crippen LogP contribution in [-0.4, -0.2) is 13.0 Å². The molecule has 0 spiro atoms. The first-order valence-corrected chi connectivity index (χ1v) is 10.2. The molecule has 5 nitrogen and oxygen atoms in total. The van der Waals surface area contributed by atoms with Crippen molar-refractivity contribution in [3.8, 4) is 17.6 Å². The Kier molecular flexibility index (Phi) is 7.93. The normalized spacial score (nSPS) is 11.4. The van der Waals surface area contributed by atoms with Crippen molar-refractivity contribution in [3.63, 3.8) is 0 Å². The van der Waals surface area contributed by atoms with Crippen molar-refractivity contribution in [1.82, 2.24) is 5.32 Å². The molecule has 0 bridgehead atoms. The Morgan fingerprint density at radius 3 is 2.41 bits per heavy atom. The molecule has 0 heterocycles. The highest BCUT2D eigenvalue weighted by atomic mass is 19.4. The zero-order valence-corrected chi connectivity index (χ0v) is 18.2. The molecule has 3 aromatic rings. The predicted molar refractivity (Wildman–Crippen MR) is 121 cm³/mol. The molecular formula is C26H21F3N2O3. The van der Waals surface area contributed by atoms with E-state index in [1.807, 2.05) is 36.4 Å². The summed E-state index contributed by atoms with van der Waals surface area (Å²) in [7, 11) is 1.41. The maximum atomic E-state index is 12.9. The van der Waals surface area contributed by atoms with E-state index < -0.39 is 17.6 Å². The number of nitrogens with zero attached hydrogens (tertiary/aromatic N) is 1. The van der Waals surface area contributed by atoms with Crippen molar-refractivity contribution < 1.29 is 27.4 Å². The number of methoxy groups -OCH3 is 1. The largest absolute Gasteiger partial charge is 0.493 e. The van der Waals surface area contributed by atoms with Gasteiger partial charge in [0.2, 0.25) is 0 Å². The van der Waals surface area contributed by atoms with Crippen LogP contribution < -0.4 is 14.8 Å². The molecule has 0 fully saturated rings. The van der Waals surface area contributed by atoms with Gasteiger partial charge in [-0.25, -0.2) is 0 Å². The van der Waals surface area contributed by atoms with Crippen LogP contribution in [0.25, 0.3) is 6.08 Å². The average Bonchev–Trinajstić information content (AvgIpc) is 2.85. The van der Waals surface area contributed by atoms with Gasteiger partial charge in [-0.1, -0.05) is 48.5 Å². The Bertz CT molecular complexity index is 1220. The Balaban J connectivity index is 1.70. The van der Waals surface area contributed by atoms with Crippen molar-refractivity contribution in [2.24, 2.45) is 0 Å². The van der Waals surface area contributed by atoms with Gasteiger partial charge in [0.1, 0.15) is 18.2 Å². The van der Waals surface area contributed by atoms with Gasteiger partial charge in [0.05, 0.1) is 12.7 Å². The van der Waals surface area contributed by atoms with E-state index in [-0.39, 0.29) is 18.7 Å². The molecule has 0 radical (unpaired) electrons. The zero-order chi connectivity index (χ0) is 24.6. The van der Waals surface area contributed by atoms with Gasteiger partial charge in [0, 0.05) is 6.54 Å². The highest BCUT2D eigenvalue weighted by Crippen LogP contribution is 2.32. The Morgan fingerprint density at radius 1 is 1.00 bits per heavy atom. The molecular weight excluding hydrogens is 445 g/mol. The zero-order valence-electron chi connectivity index (χ0n) is 18.2. The van der Waals surface area contributed by atoms with Crippen LogP contribution in [0.5, 0.6) is 11.5 Å². The van der Waals surface area contributed by atoms with Gasteiger partial charge in [0.25, 0.3) is 5.91 Å². The van der Waals surface area contributed by atoms with Crippen LogP contribution in [0.2, 0.25) is 0 Å². The molecule has 0 saturated heterocycles. The summed E-state index contributed by atoms with van der Waals surface area (Å²) in [5.41, 5.74) is 0.931. The quantitative estimate of drug-likeness (QED) is 0.351. The van der Waals surface area contributed by atoms with Crippen molar-refractivity contribution in [2.45, 2.75) is 19.3 Å². The summed E-state index contributed by atoms with van der Waals surface area (Å²) in [5.74, 6) is 0.0991. The summed E-state index contributed by atoms with van der Waals surface area (Å²) >= 11 is 0. The minimum Gasteiger partial charge on any atom is -0.493 e. The highest BCUT2D eigenvalue weighted by molar-refractivity contribution is 6.01. The van der Waals surface area contributed by atoms with E-state index in [2.05, 4.69) is 5.32 Å². The van der Waals surface area contributed by atoms with Crippen molar-refractivity contribution in [3.05, 3.63) is 101 Å². The third-order valence-corrected chi connectivity index (χ3v) is 4.81. The molecule has 0 aliphatic rings. The van der Waals surface area contributed by atoms with E-state index in [1.165, 1.54) is 25.3 Å². The van der Waals surface area contributed by atoms with Crippen molar-refractivity contribution in [1.29, 1.82) is 5.26 Å². The molecule has 1 N–H and O–H groups in total. The second kappa shape index (κ2) is 11.1. The summed E-state index contributed by atoms with van der Waals surface area (Å²) in [4.78, 5) is 12.4. The Labute approximate surface area is 195 Å². The third-order valence-electron chi connectivity index (χ3n) is 4.81. The van der Waals surface area contributed by atoms with Gasteiger partial charge >= 0.3 is 6.18 Å². The van der Waals surface area contributed by atoms with E-state index in [9.17, 15) is 23.2 Å².